The Morgan fingerprint density at radius 2 is 1.93 bits per heavy atom. The standard InChI is InChI=1S/C20H23BrN2O4/c1-5-26-17-9-15(8-16(21)19(17)25)10-22-23-18(24)11-27-20-13(3)7-6-12(2)14(20)4/h6-10,25H,5,11H2,1-4H3,(H,23,24). The van der Waals surface area contributed by atoms with Gasteiger partial charge in [0.15, 0.2) is 18.1 Å². The van der Waals surface area contributed by atoms with E-state index in [0.717, 1.165) is 22.4 Å². The number of hydrazone groups is 1. The lowest BCUT2D eigenvalue weighted by molar-refractivity contribution is -0.123. The lowest BCUT2D eigenvalue weighted by Gasteiger charge is -2.13. The molecule has 0 saturated heterocycles. The number of nitrogens with zero attached hydrogens (tertiary/aromatic N) is 1. The molecule has 0 aromatic heterocycles. The normalized spacial score (nSPS) is 10.9. The molecule has 2 rings (SSSR count). The number of carbonyl (C=O) groups excluding carboxylic acids is 1. The summed E-state index contributed by atoms with van der Waals surface area (Å²) in [4.78, 5) is 12.0. The maximum Gasteiger partial charge on any atom is 0.277 e. The number of rotatable bonds is 7. The number of aromatic hydroxyl groups is 1. The molecule has 0 atom stereocenters. The van der Waals surface area contributed by atoms with E-state index in [1.807, 2.05) is 39.8 Å². The van der Waals surface area contributed by atoms with Crippen molar-refractivity contribution in [2.24, 2.45) is 5.10 Å². The number of benzene rings is 2. The number of carbonyl (C=O) groups is 1. The number of hydrogen-bond acceptors (Lipinski definition) is 5. The van der Waals surface area contributed by atoms with Crippen LogP contribution in [0.3, 0.4) is 0 Å². The van der Waals surface area contributed by atoms with Crippen molar-refractivity contribution in [3.05, 3.63) is 51.0 Å². The molecule has 6 nitrogen and oxygen atoms in total. The first-order valence-electron chi connectivity index (χ1n) is 8.50. The van der Waals surface area contributed by atoms with Crippen LogP contribution in [-0.2, 0) is 4.79 Å². The molecule has 7 heteroatoms. The van der Waals surface area contributed by atoms with Gasteiger partial charge in [-0.1, -0.05) is 12.1 Å². The fourth-order valence-electron chi connectivity index (χ4n) is 2.43. The zero-order valence-electron chi connectivity index (χ0n) is 15.8. The van der Waals surface area contributed by atoms with Gasteiger partial charge in [0, 0.05) is 0 Å². The fourth-order valence-corrected chi connectivity index (χ4v) is 2.89. The minimum Gasteiger partial charge on any atom is -0.503 e. The highest BCUT2D eigenvalue weighted by atomic mass is 79.9. The summed E-state index contributed by atoms with van der Waals surface area (Å²) in [5.74, 6) is 0.719. The van der Waals surface area contributed by atoms with Gasteiger partial charge in [-0.2, -0.15) is 5.10 Å². The Hall–Kier alpha value is -2.54. The van der Waals surface area contributed by atoms with E-state index in [2.05, 4.69) is 26.5 Å². The molecular formula is C20H23BrN2O4. The van der Waals surface area contributed by atoms with Crippen molar-refractivity contribution in [1.82, 2.24) is 5.43 Å². The number of aryl methyl sites for hydroxylation is 2. The van der Waals surface area contributed by atoms with E-state index in [4.69, 9.17) is 9.47 Å². The predicted octanol–water partition coefficient (Wildman–Crippen LogP) is 4.01. The van der Waals surface area contributed by atoms with Gasteiger partial charge in [-0.15, -0.1) is 0 Å². The number of amides is 1. The molecule has 0 aliphatic rings. The van der Waals surface area contributed by atoms with Crippen molar-refractivity contribution < 1.29 is 19.4 Å². The molecule has 0 fully saturated rings. The smallest absolute Gasteiger partial charge is 0.277 e. The van der Waals surface area contributed by atoms with E-state index in [1.165, 1.54) is 6.21 Å². The van der Waals surface area contributed by atoms with E-state index < -0.39 is 0 Å². The summed E-state index contributed by atoms with van der Waals surface area (Å²) in [5, 5.41) is 13.8. The highest BCUT2D eigenvalue weighted by Crippen LogP contribution is 2.35. The molecule has 2 aromatic rings. The summed E-state index contributed by atoms with van der Waals surface area (Å²) in [5.41, 5.74) is 6.19. The summed E-state index contributed by atoms with van der Waals surface area (Å²) in [6, 6.07) is 7.29. The van der Waals surface area contributed by atoms with Gasteiger partial charge >= 0.3 is 0 Å². The molecule has 0 spiro atoms. The SMILES string of the molecule is CCOc1cc(C=NNC(=O)COc2c(C)ccc(C)c2C)cc(Br)c1O. The maximum absolute atomic E-state index is 12.0. The Labute approximate surface area is 167 Å². The Morgan fingerprint density at radius 1 is 1.22 bits per heavy atom. The average molecular weight is 435 g/mol. The van der Waals surface area contributed by atoms with Gasteiger partial charge in [-0.05, 0) is 78.0 Å². The maximum atomic E-state index is 12.0. The zero-order chi connectivity index (χ0) is 20.0. The molecule has 0 aliphatic carbocycles. The van der Waals surface area contributed by atoms with Crippen LogP contribution in [0.5, 0.6) is 17.2 Å². The van der Waals surface area contributed by atoms with Crippen molar-refractivity contribution in [3.63, 3.8) is 0 Å². The largest absolute Gasteiger partial charge is 0.503 e. The number of ether oxygens (including phenoxy) is 2. The van der Waals surface area contributed by atoms with Gasteiger partial charge in [-0.3, -0.25) is 4.79 Å². The third-order valence-electron chi connectivity index (χ3n) is 3.97. The number of hydrogen-bond donors (Lipinski definition) is 2. The number of phenols is 1. The highest BCUT2D eigenvalue weighted by molar-refractivity contribution is 9.10. The topological polar surface area (TPSA) is 80.2 Å². The van der Waals surface area contributed by atoms with E-state index >= 15 is 0 Å². The molecular weight excluding hydrogens is 412 g/mol. The van der Waals surface area contributed by atoms with Crippen molar-refractivity contribution in [2.75, 3.05) is 13.2 Å². The second-order valence-electron chi connectivity index (χ2n) is 6.02. The van der Waals surface area contributed by atoms with E-state index in [-0.39, 0.29) is 18.3 Å². The molecule has 0 radical (unpaired) electrons. The van der Waals surface area contributed by atoms with Crippen LogP contribution in [0.2, 0.25) is 0 Å². The van der Waals surface area contributed by atoms with Crippen LogP contribution in [0.15, 0.2) is 33.8 Å². The second-order valence-corrected chi connectivity index (χ2v) is 6.87. The predicted molar refractivity (Wildman–Crippen MR) is 109 cm³/mol. The number of nitrogens with one attached hydrogen (secondary N) is 1. The number of phenolic OH excluding ortho intramolecular Hbond substituents is 1. The van der Waals surface area contributed by atoms with Crippen molar-refractivity contribution >= 4 is 28.1 Å². The molecule has 2 aromatic carbocycles. The van der Waals surface area contributed by atoms with Gasteiger partial charge < -0.3 is 14.6 Å². The minimum absolute atomic E-state index is 0.0235. The summed E-state index contributed by atoms with van der Waals surface area (Å²) < 4.78 is 11.5. The molecule has 27 heavy (non-hydrogen) atoms. The van der Waals surface area contributed by atoms with Gasteiger partial charge in [0.05, 0.1) is 17.3 Å². The molecule has 0 heterocycles. The van der Waals surface area contributed by atoms with Crippen LogP contribution < -0.4 is 14.9 Å². The Bertz CT molecular complexity index is 866. The Kier molecular flexibility index (Phi) is 7.24. The quantitative estimate of drug-likeness (QED) is 0.509. The van der Waals surface area contributed by atoms with Crippen LogP contribution in [0.4, 0.5) is 0 Å². The van der Waals surface area contributed by atoms with E-state index in [1.54, 1.807) is 12.1 Å². The lowest BCUT2D eigenvalue weighted by atomic mass is 10.1. The summed E-state index contributed by atoms with van der Waals surface area (Å²) in [6.07, 6.45) is 1.47. The third kappa shape index (κ3) is 5.47. The molecule has 0 aliphatic heterocycles. The van der Waals surface area contributed by atoms with Crippen LogP contribution in [0.25, 0.3) is 0 Å². The average Bonchev–Trinajstić information content (AvgIpc) is 2.62. The van der Waals surface area contributed by atoms with Gasteiger partial charge in [-0.25, -0.2) is 5.43 Å². The van der Waals surface area contributed by atoms with Crippen molar-refractivity contribution in [1.29, 1.82) is 0 Å². The van der Waals surface area contributed by atoms with Gasteiger partial charge in [0.25, 0.3) is 5.91 Å². The molecule has 0 saturated carbocycles. The van der Waals surface area contributed by atoms with Crippen LogP contribution in [-0.4, -0.2) is 30.4 Å². The molecule has 2 N–H and O–H groups in total. The third-order valence-corrected chi connectivity index (χ3v) is 4.58. The lowest BCUT2D eigenvalue weighted by Crippen LogP contribution is -2.25. The zero-order valence-corrected chi connectivity index (χ0v) is 17.4. The molecule has 1 amide bonds. The van der Waals surface area contributed by atoms with Crippen LogP contribution in [0.1, 0.15) is 29.2 Å². The first kappa shape index (κ1) is 20.8. The number of halogens is 1. The minimum atomic E-state index is -0.366. The van der Waals surface area contributed by atoms with Gasteiger partial charge in [0.1, 0.15) is 5.75 Å². The molecule has 144 valence electrons. The highest BCUT2D eigenvalue weighted by Gasteiger charge is 2.10. The second kappa shape index (κ2) is 9.41. The Morgan fingerprint density at radius 3 is 2.63 bits per heavy atom. The molecule has 0 unspecified atom stereocenters. The monoisotopic (exact) mass is 434 g/mol. The van der Waals surface area contributed by atoms with Crippen molar-refractivity contribution in [3.8, 4) is 17.2 Å². The van der Waals surface area contributed by atoms with E-state index in [0.29, 0.717) is 22.4 Å². The first-order chi connectivity index (χ1) is 12.8. The van der Waals surface area contributed by atoms with E-state index in [9.17, 15) is 9.90 Å². The Balaban J connectivity index is 1.97. The molecule has 0 bridgehead atoms. The summed E-state index contributed by atoms with van der Waals surface area (Å²) in [6.45, 7) is 8.02. The van der Waals surface area contributed by atoms with Crippen molar-refractivity contribution in [2.45, 2.75) is 27.7 Å². The summed E-state index contributed by atoms with van der Waals surface area (Å²) >= 11 is 3.26. The summed E-state index contributed by atoms with van der Waals surface area (Å²) in [7, 11) is 0. The fraction of sp³-hybridized carbons (Fsp3) is 0.300. The van der Waals surface area contributed by atoms with Crippen LogP contribution >= 0.6 is 15.9 Å². The van der Waals surface area contributed by atoms with Gasteiger partial charge in [0.2, 0.25) is 0 Å². The first-order valence-corrected chi connectivity index (χ1v) is 9.29. The van der Waals surface area contributed by atoms with Crippen LogP contribution in [0, 0.1) is 20.8 Å².